The largest absolute Gasteiger partial charge is 0.573 e. The lowest BCUT2D eigenvalue weighted by Gasteiger charge is -2.43. The van der Waals surface area contributed by atoms with E-state index >= 15 is 0 Å². The van der Waals surface area contributed by atoms with E-state index in [0.717, 1.165) is 19.2 Å². The number of piperazine rings is 1. The summed E-state index contributed by atoms with van der Waals surface area (Å²) in [6, 6.07) is 3.03. The van der Waals surface area contributed by atoms with Gasteiger partial charge in [-0.2, -0.15) is 0 Å². The smallest absolute Gasteiger partial charge is 0.508 e. The second-order valence-corrected chi connectivity index (χ2v) is 6.60. The molecule has 1 heterocycles. The number of rotatable bonds is 5. The van der Waals surface area contributed by atoms with Crippen molar-refractivity contribution < 1.29 is 28.1 Å². The van der Waals surface area contributed by atoms with Gasteiger partial charge >= 0.3 is 6.36 Å². The summed E-state index contributed by atoms with van der Waals surface area (Å²) in [4.78, 5) is 2.05. The summed E-state index contributed by atoms with van der Waals surface area (Å²) in [6.45, 7) is 6.25. The summed E-state index contributed by atoms with van der Waals surface area (Å²) >= 11 is 0. The van der Waals surface area contributed by atoms with Crippen molar-refractivity contribution in [1.82, 2.24) is 10.2 Å². The van der Waals surface area contributed by atoms with Crippen LogP contribution in [0.4, 0.5) is 13.2 Å². The first-order valence-electron chi connectivity index (χ1n) is 7.78. The van der Waals surface area contributed by atoms with Crippen molar-refractivity contribution in [2.24, 2.45) is 5.41 Å². The van der Waals surface area contributed by atoms with Gasteiger partial charge in [0.05, 0.1) is 0 Å². The highest BCUT2D eigenvalue weighted by molar-refractivity contribution is 5.85. The van der Waals surface area contributed by atoms with Crippen LogP contribution in [0, 0.1) is 5.41 Å². The number of benzene rings is 1. The Bertz CT molecular complexity index is 564. The lowest BCUT2D eigenvalue weighted by molar-refractivity contribution is -0.274. The van der Waals surface area contributed by atoms with Gasteiger partial charge in [-0.3, -0.25) is 4.90 Å². The predicted octanol–water partition coefficient (Wildman–Crippen LogP) is 2.68. The van der Waals surface area contributed by atoms with Crippen LogP contribution < -0.4 is 10.1 Å². The van der Waals surface area contributed by atoms with Gasteiger partial charge in [0.1, 0.15) is 11.5 Å². The van der Waals surface area contributed by atoms with Crippen molar-refractivity contribution >= 4 is 12.4 Å². The SMILES string of the molecule is CC(C)(CO)[C@@H](c1cc(OC(F)(F)F)ccc1O)N1CCNCC1.Cl. The maximum absolute atomic E-state index is 12.5. The summed E-state index contributed by atoms with van der Waals surface area (Å²) in [5, 5.41) is 23.2. The molecule has 0 aromatic heterocycles. The Morgan fingerprint density at radius 3 is 2.36 bits per heavy atom. The number of ether oxygens (including phenoxy) is 1. The van der Waals surface area contributed by atoms with Crippen LogP contribution in [0.1, 0.15) is 25.5 Å². The van der Waals surface area contributed by atoms with Crippen molar-refractivity contribution in [3.05, 3.63) is 23.8 Å². The lowest BCUT2D eigenvalue weighted by atomic mass is 9.79. The molecular weight excluding hydrogens is 361 g/mol. The average molecular weight is 385 g/mol. The Kier molecular flexibility index (Phi) is 7.37. The molecule has 1 aliphatic heterocycles. The summed E-state index contributed by atoms with van der Waals surface area (Å²) in [5.41, 5.74) is -0.344. The quantitative estimate of drug-likeness (QED) is 0.728. The highest BCUT2D eigenvalue weighted by Gasteiger charge is 2.38. The van der Waals surface area contributed by atoms with Crippen molar-refractivity contribution in [3.63, 3.8) is 0 Å². The second-order valence-electron chi connectivity index (χ2n) is 6.60. The number of aromatic hydroxyl groups is 1. The van der Waals surface area contributed by atoms with Crippen LogP contribution in [0.15, 0.2) is 18.2 Å². The molecule has 5 nitrogen and oxygen atoms in total. The summed E-state index contributed by atoms with van der Waals surface area (Å²) in [7, 11) is 0. The van der Waals surface area contributed by atoms with E-state index in [1.54, 1.807) is 0 Å². The predicted molar refractivity (Wildman–Crippen MR) is 90.1 cm³/mol. The average Bonchev–Trinajstić information content (AvgIpc) is 2.50. The van der Waals surface area contributed by atoms with Crippen LogP contribution in [0.3, 0.4) is 0 Å². The molecule has 1 aliphatic rings. The molecule has 25 heavy (non-hydrogen) atoms. The van der Waals surface area contributed by atoms with Crippen molar-refractivity contribution in [1.29, 1.82) is 0 Å². The summed E-state index contributed by atoms with van der Waals surface area (Å²) in [5.74, 6) is -0.501. The first-order valence-corrected chi connectivity index (χ1v) is 7.78. The lowest BCUT2D eigenvalue weighted by Crippen LogP contribution is -2.49. The Morgan fingerprint density at radius 2 is 1.84 bits per heavy atom. The van der Waals surface area contributed by atoms with Crippen molar-refractivity contribution in [2.45, 2.75) is 26.3 Å². The summed E-state index contributed by atoms with van der Waals surface area (Å²) < 4.78 is 41.4. The van der Waals surface area contributed by atoms with Gasteiger partial charge in [0, 0.05) is 49.8 Å². The fourth-order valence-corrected chi connectivity index (χ4v) is 3.09. The third-order valence-corrected chi connectivity index (χ3v) is 4.19. The van der Waals surface area contributed by atoms with E-state index in [1.165, 1.54) is 12.1 Å². The van der Waals surface area contributed by atoms with Gasteiger partial charge in [-0.1, -0.05) is 13.8 Å². The highest BCUT2D eigenvalue weighted by Crippen LogP contribution is 2.43. The third kappa shape index (κ3) is 5.64. The molecule has 0 aliphatic carbocycles. The minimum absolute atomic E-state index is 0. The van der Waals surface area contributed by atoms with E-state index in [9.17, 15) is 23.4 Å². The maximum atomic E-state index is 12.5. The monoisotopic (exact) mass is 384 g/mol. The van der Waals surface area contributed by atoms with E-state index in [2.05, 4.69) is 15.0 Å². The molecule has 1 aromatic rings. The van der Waals surface area contributed by atoms with E-state index in [1.807, 2.05) is 13.8 Å². The number of hydrogen-bond donors (Lipinski definition) is 3. The standard InChI is InChI=1S/C16H23F3N2O3.ClH/c1-15(2,10-22)14(21-7-5-20-6-8-21)12-9-11(3-4-13(12)23)24-16(17,18)19;/h3-4,9,14,20,22-23H,5-8,10H2,1-2H3;1H/t14-;/m1./s1. The van der Waals surface area contributed by atoms with Crippen LogP contribution in [0.2, 0.25) is 0 Å². The molecule has 1 atom stereocenters. The number of aliphatic hydroxyl groups is 1. The molecule has 0 saturated carbocycles. The Labute approximate surface area is 151 Å². The van der Waals surface area contributed by atoms with E-state index < -0.39 is 17.8 Å². The fourth-order valence-electron chi connectivity index (χ4n) is 3.09. The number of hydrogen-bond acceptors (Lipinski definition) is 5. The zero-order valence-corrected chi connectivity index (χ0v) is 15.0. The number of phenols is 1. The van der Waals surface area contributed by atoms with Gasteiger partial charge in [0.15, 0.2) is 0 Å². The van der Waals surface area contributed by atoms with Crippen LogP contribution in [0.5, 0.6) is 11.5 Å². The molecule has 0 spiro atoms. The third-order valence-electron chi connectivity index (χ3n) is 4.19. The normalized spacial score (nSPS) is 17.7. The molecule has 3 N–H and O–H groups in total. The first kappa shape index (κ1) is 21.8. The molecule has 0 radical (unpaired) electrons. The van der Waals surface area contributed by atoms with Crippen molar-refractivity contribution in [2.75, 3.05) is 32.8 Å². The Balaban J connectivity index is 0.00000312. The van der Waals surface area contributed by atoms with Gasteiger partial charge in [-0.05, 0) is 18.2 Å². The molecule has 9 heteroatoms. The Morgan fingerprint density at radius 1 is 1.24 bits per heavy atom. The molecule has 1 fully saturated rings. The van der Waals surface area contributed by atoms with Gasteiger partial charge in [-0.15, -0.1) is 25.6 Å². The van der Waals surface area contributed by atoms with Crippen LogP contribution in [0.25, 0.3) is 0 Å². The zero-order valence-electron chi connectivity index (χ0n) is 14.1. The Hall–Kier alpha value is -1.22. The highest BCUT2D eigenvalue weighted by atomic mass is 35.5. The number of alkyl halides is 3. The van der Waals surface area contributed by atoms with Crippen LogP contribution in [-0.4, -0.2) is 54.3 Å². The minimum Gasteiger partial charge on any atom is -0.508 e. The molecule has 0 unspecified atom stereocenters. The maximum Gasteiger partial charge on any atom is 0.573 e. The number of nitrogens with one attached hydrogen (secondary N) is 1. The molecule has 1 saturated heterocycles. The molecule has 1 aromatic carbocycles. The molecule has 144 valence electrons. The van der Waals surface area contributed by atoms with Gasteiger partial charge < -0.3 is 20.3 Å². The van der Waals surface area contributed by atoms with Crippen LogP contribution in [-0.2, 0) is 0 Å². The fraction of sp³-hybridized carbons (Fsp3) is 0.625. The summed E-state index contributed by atoms with van der Waals surface area (Å²) in [6.07, 6.45) is -4.80. The minimum atomic E-state index is -4.80. The first-order chi connectivity index (χ1) is 11.1. The molecule has 2 rings (SSSR count). The second kappa shape index (κ2) is 8.44. The van der Waals surface area contributed by atoms with E-state index in [4.69, 9.17) is 0 Å². The molecular formula is C16H24ClF3N2O3. The topological polar surface area (TPSA) is 65.0 Å². The van der Waals surface area contributed by atoms with Gasteiger partial charge in [-0.25, -0.2) is 0 Å². The molecule has 0 bridgehead atoms. The van der Waals surface area contributed by atoms with Gasteiger partial charge in [0.2, 0.25) is 0 Å². The van der Waals surface area contributed by atoms with Crippen LogP contribution >= 0.6 is 12.4 Å². The zero-order chi connectivity index (χ0) is 18.0. The number of nitrogens with zero attached hydrogens (tertiary/aromatic N) is 1. The molecule has 0 amide bonds. The van der Waals surface area contributed by atoms with E-state index in [-0.39, 0.29) is 30.5 Å². The van der Waals surface area contributed by atoms with Crippen molar-refractivity contribution in [3.8, 4) is 11.5 Å². The number of aliphatic hydroxyl groups excluding tert-OH is 1. The van der Waals surface area contributed by atoms with Gasteiger partial charge in [0.25, 0.3) is 0 Å². The number of phenolic OH excluding ortho intramolecular Hbond substituents is 1. The number of halogens is 4. The van der Waals surface area contributed by atoms with E-state index in [0.29, 0.717) is 18.7 Å².